The Morgan fingerprint density at radius 2 is 2.00 bits per heavy atom. The van der Waals surface area contributed by atoms with E-state index in [4.69, 9.17) is 5.10 Å². The Bertz CT molecular complexity index is 432. The van der Waals surface area contributed by atoms with E-state index in [0.29, 0.717) is 12.0 Å². The van der Waals surface area contributed by atoms with Crippen molar-refractivity contribution in [2.24, 2.45) is 5.92 Å². The highest BCUT2D eigenvalue weighted by atomic mass is 79.9. The molecule has 1 unspecified atom stereocenters. The highest BCUT2D eigenvalue weighted by Crippen LogP contribution is 2.42. The van der Waals surface area contributed by atoms with E-state index in [-0.39, 0.29) is 0 Å². The molecule has 1 fully saturated rings. The lowest BCUT2D eigenvalue weighted by atomic mass is 9.94. The van der Waals surface area contributed by atoms with E-state index in [0.717, 1.165) is 12.5 Å². The summed E-state index contributed by atoms with van der Waals surface area (Å²) >= 11 is 3.73. The van der Waals surface area contributed by atoms with Crippen LogP contribution in [-0.4, -0.2) is 16.3 Å². The molecule has 0 amide bonds. The third-order valence-corrected chi connectivity index (χ3v) is 5.20. The Morgan fingerprint density at radius 3 is 2.67 bits per heavy atom. The number of halogens is 1. The van der Waals surface area contributed by atoms with Crippen LogP contribution in [0.2, 0.25) is 0 Å². The topological polar surface area (TPSA) is 29.9 Å². The van der Waals surface area contributed by atoms with Crippen LogP contribution in [0.5, 0.6) is 0 Å². The van der Waals surface area contributed by atoms with Crippen LogP contribution in [0.3, 0.4) is 0 Å². The molecule has 100 valence electrons. The van der Waals surface area contributed by atoms with Crippen molar-refractivity contribution in [3.8, 4) is 0 Å². The van der Waals surface area contributed by atoms with Crippen LogP contribution in [0.1, 0.15) is 63.6 Å². The molecule has 1 atom stereocenters. The Kier molecular flexibility index (Phi) is 3.39. The predicted molar refractivity (Wildman–Crippen MR) is 78.1 cm³/mol. The summed E-state index contributed by atoms with van der Waals surface area (Å²) < 4.78 is 3.46. The predicted octanol–water partition coefficient (Wildman–Crippen LogP) is 4.32. The second-order valence-corrected chi connectivity index (χ2v) is 6.77. The third-order valence-electron chi connectivity index (χ3n) is 4.41. The molecule has 1 saturated carbocycles. The van der Waals surface area contributed by atoms with Crippen molar-refractivity contribution < 1.29 is 0 Å². The highest BCUT2D eigenvalue weighted by molar-refractivity contribution is 9.10. The van der Waals surface area contributed by atoms with Crippen LogP contribution < -0.4 is 5.32 Å². The second-order valence-electron chi connectivity index (χ2n) is 5.97. The van der Waals surface area contributed by atoms with Gasteiger partial charge in [-0.2, -0.15) is 5.10 Å². The monoisotopic (exact) mass is 311 g/mol. The number of rotatable bonds is 2. The maximum Gasteiger partial charge on any atom is 0.139 e. The van der Waals surface area contributed by atoms with Crippen molar-refractivity contribution in [2.45, 2.75) is 57.9 Å². The fraction of sp³-hybridized carbons (Fsp3) is 0.786. The number of aromatic nitrogens is 2. The molecule has 18 heavy (non-hydrogen) atoms. The van der Waals surface area contributed by atoms with Gasteiger partial charge in [0.05, 0.1) is 16.2 Å². The van der Waals surface area contributed by atoms with Gasteiger partial charge in [-0.05, 0) is 47.0 Å². The van der Waals surface area contributed by atoms with Crippen LogP contribution >= 0.6 is 15.9 Å². The summed E-state index contributed by atoms with van der Waals surface area (Å²) in [7, 11) is 0. The number of hydrogen-bond donors (Lipinski definition) is 1. The third kappa shape index (κ3) is 1.98. The smallest absolute Gasteiger partial charge is 0.139 e. The van der Waals surface area contributed by atoms with Crippen molar-refractivity contribution >= 4 is 21.7 Å². The van der Waals surface area contributed by atoms with Gasteiger partial charge in [0, 0.05) is 6.54 Å². The van der Waals surface area contributed by atoms with E-state index in [1.807, 2.05) is 0 Å². The minimum atomic E-state index is 0.475. The minimum Gasteiger partial charge on any atom is -0.369 e. The Morgan fingerprint density at radius 1 is 1.28 bits per heavy atom. The first-order valence-electron chi connectivity index (χ1n) is 7.20. The number of fused-ring (bicyclic) bond motifs is 1. The van der Waals surface area contributed by atoms with Crippen LogP contribution in [0.15, 0.2) is 4.47 Å². The minimum absolute atomic E-state index is 0.475. The quantitative estimate of drug-likeness (QED) is 0.881. The van der Waals surface area contributed by atoms with Gasteiger partial charge in [0.15, 0.2) is 0 Å². The average Bonchev–Trinajstić information content (AvgIpc) is 2.97. The van der Waals surface area contributed by atoms with E-state index < -0.39 is 0 Å². The highest BCUT2D eigenvalue weighted by Gasteiger charge is 2.32. The maximum atomic E-state index is 4.88. The van der Waals surface area contributed by atoms with E-state index >= 15 is 0 Å². The van der Waals surface area contributed by atoms with Gasteiger partial charge in [0.1, 0.15) is 5.82 Å². The zero-order chi connectivity index (χ0) is 12.7. The van der Waals surface area contributed by atoms with E-state index in [2.05, 4.69) is 39.8 Å². The van der Waals surface area contributed by atoms with Gasteiger partial charge in [0.2, 0.25) is 0 Å². The lowest BCUT2D eigenvalue weighted by molar-refractivity contribution is 0.288. The summed E-state index contributed by atoms with van der Waals surface area (Å²) in [5, 5.41) is 8.40. The molecule has 1 aliphatic carbocycles. The first kappa shape index (κ1) is 12.5. The lowest BCUT2D eigenvalue weighted by Crippen LogP contribution is -2.28. The molecule has 1 aromatic rings. The maximum absolute atomic E-state index is 4.88. The van der Waals surface area contributed by atoms with Crippen molar-refractivity contribution in [3.05, 3.63) is 10.2 Å². The number of hydrogen-bond acceptors (Lipinski definition) is 2. The molecule has 2 aliphatic rings. The summed E-state index contributed by atoms with van der Waals surface area (Å²) in [6.45, 7) is 5.51. The van der Waals surface area contributed by atoms with Gasteiger partial charge in [-0.15, -0.1) is 0 Å². The molecule has 1 aromatic heterocycles. The van der Waals surface area contributed by atoms with Crippen LogP contribution in [0, 0.1) is 5.92 Å². The molecule has 0 saturated heterocycles. The molecule has 0 radical (unpaired) electrons. The van der Waals surface area contributed by atoms with Crippen molar-refractivity contribution in [1.29, 1.82) is 0 Å². The van der Waals surface area contributed by atoms with E-state index in [9.17, 15) is 0 Å². The molecule has 3 nitrogen and oxygen atoms in total. The van der Waals surface area contributed by atoms with Crippen molar-refractivity contribution in [2.75, 3.05) is 11.9 Å². The van der Waals surface area contributed by atoms with Crippen LogP contribution in [0.4, 0.5) is 5.82 Å². The van der Waals surface area contributed by atoms with Crippen molar-refractivity contribution in [1.82, 2.24) is 9.78 Å². The molecule has 2 heterocycles. The molecule has 0 bridgehead atoms. The fourth-order valence-corrected chi connectivity index (χ4v) is 4.30. The van der Waals surface area contributed by atoms with E-state index in [1.54, 1.807) is 0 Å². The van der Waals surface area contributed by atoms with Gasteiger partial charge in [-0.25, -0.2) is 4.68 Å². The Balaban J connectivity index is 1.97. The van der Waals surface area contributed by atoms with Gasteiger partial charge in [0.25, 0.3) is 0 Å². The van der Waals surface area contributed by atoms with Gasteiger partial charge in [-0.3, -0.25) is 0 Å². The second kappa shape index (κ2) is 4.87. The fourth-order valence-electron chi connectivity index (χ4n) is 3.44. The summed E-state index contributed by atoms with van der Waals surface area (Å²) in [5.74, 6) is 2.53. The molecule has 1 aliphatic heterocycles. The normalized spacial score (nSPS) is 24.3. The lowest BCUT2D eigenvalue weighted by Gasteiger charge is -2.30. The summed E-state index contributed by atoms with van der Waals surface area (Å²) in [5.41, 5.74) is 1.20. The van der Waals surface area contributed by atoms with Gasteiger partial charge < -0.3 is 5.32 Å². The van der Waals surface area contributed by atoms with Crippen molar-refractivity contribution in [3.63, 3.8) is 0 Å². The van der Waals surface area contributed by atoms with E-state index in [1.165, 1.54) is 48.1 Å². The zero-order valence-corrected chi connectivity index (χ0v) is 12.8. The molecule has 4 heteroatoms. The number of nitrogens with zero attached hydrogens (tertiary/aromatic N) is 2. The summed E-state index contributed by atoms with van der Waals surface area (Å²) in [4.78, 5) is 0. The standard InChI is InChI=1S/C14H22BrN3/c1-9(2)13-12(15)14-16-8-7-11(18(14)17-13)10-5-3-4-6-10/h9-11,16H,3-8H2,1-2H3. The average molecular weight is 312 g/mol. The summed E-state index contributed by atoms with van der Waals surface area (Å²) in [6.07, 6.45) is 6.81. The molecular weight excluding hydrogens is 290 g/mol. The Labute approximate surface area is 117 Å². The first-order valence-corrected chi connectivity index (χ1v) is 7.99. The molecule has 0 spiro atoms. The SMILES string of the molecule is CC(C)c1nn2c(c1Br)NCCC2C1CCCC1. The van der Waals surface area contributed by atoms with Gasteiger partial charge in [-0.1, -0.05) is 26.7 Å². The Hall–Kier alpha value is -0.510. The number of anilines is 1. The van der Waals surface area contributed by atoms with Crippen LogP contribution in [-0.2, 0) is 0 Å². The first-order chi connectivity index (χ1) is 8.68. The molecule has 1 N–H and O–H groups in total. The van der Waals surface area contributed by atoms with Gasteiger partial charge >= 0.3 is 0 Å². The molecular formula is C14H22BrN3. The molecule has 3 rings (SSSR count). The van der Waals surface area contributed by atoms with Crippen LogP contribution in [0.25, 0.3) is 0 Å². The number of nitrogens with one attached hydrogen (secondary N) is 1. The zero-order valence-electron chi connectivity index (χ0n) is 11.2. The largest absolute Gasteiger partial charge is 0.369 e. The summed E-state index contributed by atoms with van der Waals surface area (Å²) in [6, 6.07) is 0.618. The molecule has 0 aromatic carbocycles.